The van der Waals surface area contributed by atoms with Crippen LogP contribution in [0.25, 0.3) is 0 Å². The van der Waals surface area contributed by atoms with Crippen molar-refractivity contribution < 1.29 is 4.39 Å². The van der Waals surface area contributed by atoms with Gasteiger partial charge in [-0.05, 0) is 45.9 Å². The molecule has 0 spiro atoms. The molecule has 18 heavy (non-hydrogen) atoms. The summed E-state index contributed by atoms with van der Waals surface area (Å²) in [6.07, 6.45) is 0. The molecular formula is C14H15BrFNS. The highest BCUT2D eigenvalue weighted by Gasteiger charge is 2.20. The molecule has 0 amide bonds. The van der Waals surface area contributed by atoms with E-state index in [1.807, 2.05) is 24.4 Å². The van der Waals surface area contributed by atoms with Crippen LogP contribution in [0.5, 0.6) is 0 Å². The van der Waals surface area contributed by atoms with Crippen molar-refractivity contribution in [2.45, 2.75) is 19.9 Å². The van der Waals surface area contributed by atoms with Gasteiger partial charge >= 0.3 is 0 Å². The number of nitrogens with one attached hydrogen (secondary N) is 1. The van der Waals surface area contributed by atoms with Crippen molar-refractivity contribution >= 4 is 27.3 Å². The van der Waals surface area contributed by atoms with Crippen LogP contribution < -0.4 is 5.32 Å². The molecular weight excluding hydrogens is 313 g/mol. The zero-order chi connectivity index (χ0) is 13.1. The van der Waals surface area contributed by atoms with Gasteiger partial charge in [-0.25, -0.2) is 4.39 Å². The molecule has 96 valence electrons. The number of hydrogen-bond donors (Lipinski definition) is 1. The number of hydrogen-bond acceptors (Lipinski definition) is 2. The van der Waals surface area contributed by atoms with E-state index in [1.165, 1.54) is 0 Å². The Morgan fingerprint density at radius 2 is 2.11 bits per heavy atom. The van der Waals surface area contributed by atoms with E-state index >= 15 is 0 Å². The highest BCUT2D eigenvalue weighted by Crippen LogP contribution is 2.33. The van der Waals surface area contributed by atoms with Gasteiger partial charge in [-0.15, -0.1) is 0 Å². The van der Waals surface area contributed by atoms with Crippen LogP contribution in [0.15, 0.2) is 33.4 Å². The molecule has 0 fully saturated rings. The second-order valence-corrected chi connectivity index (χ2v) is 5.74. The molecule has 0 saturated heterocycles. The Bertz CT molecular complexity index is 538. The smallest absolute Gasteiger partial charge is 0.131 e. The Kier molecular flexibility index (Phi) is 4.54. The van der Waals surface area contributed by atoms with Crippen LogP contribution in [-0.2, 0) is 0 Å². The number of halogens is 2. The Hall–Kier alpha value is -0.710. The Morgan fingerprint density at radius 3 is 2.72 bits per heavy atom. The minimum absolute atomic E-state index is 0.101. The average molecular weight is 328 g/mol. The van der Waals surface area contributed by atoms with E-state index in [4.69, 9.17) is 0 Å². The molecule has 2 rings (SSSR count). The van der Waals surface area contributed by atoms with Gasteiger partial charge in [0.25, 0.3) is 0 Å². The van der Waals surface area contributed by atoms with Crippen molar-refractivity contribution in [1.29, 1.82) is 0 Å². The fraction of sp³-hybridized carbons (Fsp3) is 0.286. The lowest BCUT2D eigenvalue weighted by atomic mass is 9.98. The maximum absolute atomic E-state index is 14.2. The third-order valence-electron chi connectivity index (χ3n) is 2.89. The average Bonchev–Trinajstić information content (AvgIpc) is 2.76. The van der Waals surface area contributed by atoms with Gasteiger partial charge in [0, 0.05) is 15.4 Å². The molecule has 1 aromatic heterocycles. The van der Waals surface area contributed by atoms with Crippen LogP contribution in [-0.4, -0.2) is 6.54 Å². The molecule has 0 aliphatic rings. The lowest BCUT2D eigenvalue weighted by Crippen LogP contribution is -2.23. The summed E-state index contributed by atoms with van der Waals surface area (Å²) in [5.74, 6) is -0.124. The van der Waals surface area contributed by atoms with Gasteiger partial charge in [0.2, 0.25) is 0 Å². The summed E-state index contributed by atoms with van der Waals surface area (Å²) < 4.78 is 15.3. The number of thiophene rings is 1. The molecule has 1 aromatic carbocycles. The highest BCUT2D eigenvalue weighted by atomic mass is 79.9. The molecule has 1 heterocycles. The van der Waals surface area contributed by atoms with E-state index in [0.717, 1.165) is 16.6 Å². The van der Waals surface area contributed by atoms with Gasteiger partial charge in [0.15, 0.2) is 0 Å². The first kappa shape index (κ1) is 13.7. The first-order valence-corrected chi connectivity index (χ1v) is 7.58. The predicted octanol–water partition coefficient (Wildman–Crippen LogP) is 4.66. The fourth-order valence-electron chi connectivity index (χ4n) is 1.98. The van der Waals surface area contributed by atoms with Crippen molar-refractivity contribution in [2.24, 2.45) is 0 Å². The lowest BCUT2D eigenvalue weighted by molar-refractivity contribution is 0.553. The maximum Gasteiger partial charge on any atom is 0.131 e. The van der Waals surface area contributed by atoms with E-state index < -0.39 is 0 Å². The minimum Gasteiger partial charge on any atom is -0.306 e. The summed E-state index contributed by atoms with van der Waals surface area (Å²) in [5.41, 5.74) is 2.48. The zero-order valence-electron chi connectivity index (χ0n) is 10.3. The maximum atomic E-state index is 14.2. The lowest BCUT2D eigenvalue weighted by Gasteiger charge is -2.19. The van der Waals surface area contributed by atoms with E-state index in [0.29, 0.717) is 11.1 Å². The molecule has 1 N–H and O–H groups in total. The summed E-state index contributed by atoms with van der Waals surface area (Å²) >= 11 is 5.14. The van der Waals surface area contributed by atoms with Crippen molar-refractivity contribution in [2.75, 3.05) is 6.54 Å². The van der Waals surface area contributed by atoms with Crippen LogP contribution in [0.1, 0.15) is 29.7 Å². The fourth-order valence-corrected chi connectivity index (χ4v) is 3.53. The summed E-state index contributed by atoms with van der Waals surface area (Å²) in [5, 5.41) is 7.42. The van der Waals surface area contributed by atoms with Gasteiger partial charge in [-0.3, -0.25) is 0 Å². The summed E-state index contributed by atoms with van der Waals surface area (Å²) in [6.45, 7) is 4.62. The largest absolute Gasteiger partial charge is 0.306 e. The van der Waals surface area contributed by atoms with Crippen LogP contribution >= 0.6 is 27.3 Å². The van der Waals surface area contributed by atoms with E-state index in [9.17, 15) is 4.39 Å². The minimum atomic E-state index is -0.124. The molecule has 0 saturated carbocycles. The first-order chi connectivity index (χ1) is 8.65. The highest BCUT2D eigenvalue weighted by molar-refractivity contribution is 9.10. The molecule has 0 aliphatic carbocycles. The molecule has 0 bridgehead atoms. The van der Waals surface area contributed by atoms with Gasteiger partial charge in [0.05, 0.1) is 6.04 Å². The summed E-state index contributed by atoms with van der Waals surface area (Å²) in [4.78, 5) is 0. The van der Waals surface area contributed by atoms with E-state index in [1.54, 1.807) is 24.3 Å². The van der Waals surface area contributed by atoms with Crippen molar-refractivity contribution in [3.8, 4) is 0 Å². The summed E-state index contributed by atoms with van der Waals surface area (Å²) in [7, 11) is 0. The number of benzene rings is 1. The van der Waals surface area contributed by atoms with Crippen molar-refractivity contribution in [1.82, 2.24) is 5.32 Å². The standard InChI is InChI=1S/C14H15BrFNS/c1-3-17-14(11-7-18-8-12(11)15)10-6-4-5-9(2)13(10)16/h4-8,14,17H,3H2,1-2H3. The molecule has 1 unspecified atom stereocenters. The van der Waals surface area contributed by atoms with E-state index in [2.05, 4.69) is 26.6 Å². The van der Waals surface area contributed by atoms with E-state index in [-0.39, 0.29) is 11.9 Å². The van der Waals surface area contributed by atoms with Crippen molar-refractivity contribution in [3.05, 3.63) is 55.9 Å². The third-order valence-corrected chi connectivity index (χ3v) is 4.65. The predicted molar refractivity (Wildman–Crippen MR) is 78.7 cm³/mol. The quantitative estimate of drug-likeness (QED) is 0.861. The van der Waals surface area contributed by atoms with Crippen LogP contribution in [0.2, 0.25) is 0 Å². The third kappa shape index (κ3) is 2.66. The Morgan fingerprint density at radius 1 is 1.33 bits per heavy atom. The molecule has 1 atom stereocenters. The van der Waals surface area contributed by atoms with Crippen LogP contribution in [0.4, 0.5) is 4.39 Å². The Balaban J connectivity index is 2.48. The first-order valence-electron chi connectivity index (χ1n) is 5.85. The zero-order valence-corrected chi connectivity index (χ0v) is 12.7. The number of rotatable bonds is 4. The SMILES string of the molecule is CCNC(c1cscc1Br)c1cccc(C)c1F. The van der Waals surface area contributed by atoms with Crippen LogP contribution in [0.3, 0.4) is 0 Å². The molecule has 0 radical (unpaired) electrons. The molecule has 0 aliphatic heterocycles. The molecule has 1 nitrogen and oxygen atoms in total. The van der Waals surface area contributed by atoms with Gasteiger partial charge in [-0.1, -0.05) is 25.1 Å². The summed E-state index contributed by atoms with van der Waals surface area (Å²) in [6, 6.07) is 5.44. The normalized spacial score (nSPS) is 12.7. The van der Waals surface area contributed by atoms with Gasteiger partial charge in [0.1, 0.15) is 5.82 Å². The second-order valence-electron chi connectivity index (χ2n) is 4.14. The van der Waals surface area contributed by atoms with Crippen molar-refractivity contribution in [3.63, 3.8) is 0 Å². The van der Waals surface area contributed by atoms with Crippen LogP contribution in [0, 0.1) is 12.7 Å². The topological polar surface area (TPSA) is 12.0 Å². The van der Waals surface area contributed by atoms with Gasteiger partial charge < -0.3 is 5.32 Å². The Labute approximate surface area is 119 Å². The number of aryl methyl sites for hydroxylation is 1. The molecule has 2 aromatic rings. The van der Waals surface area contributed by atoms with Gasteiger partial charge in [-0.2, -0.15) is 11.3 Å². The second kappa shape index (κ2) is 5.95. The molecule has 4 heteroatoms. The monoisotopic (exact) mass is 327 g/mol.